The molecule has 1 aliphatic rings. The van der Waals surface area contributed by atoms with Crippen molar-refractivity contribution in [3.8, 4) is 11.4 Å². The van der Waals surface area contributed by atoms with Gasteiger partial charge in [0, 0.05) is 17.6 Å². The molecule has 0 amide bonds. The van der Waals surface area contributed by atoms with Gasteiger partial charge < -0.3 is 14.1 Å². The third-order valence-corrected chi connectivity index (χ3v) is 4.07. The number of imidazole rings is 1. The minimum Gasteiger partial charge on any atom is -0.464 e. The van der Waals surface area contributed by atoms with Crippen molar-refractivity contribution >= 4 is 11.0 Å². The third kappa shape index (κ3) is 1.61. The Labute approximate surface area is 116 Å². The Hall–Kier alpha value is -2.07. The molecule has 0 spiro atoms. The lowest BCUT2D eigenvalue weighted by molar-refractivity contribution is 0.275. The maximum Gasteiger partial charge on any atom is 0.144 e. The minimum atomic E-state index is 0.00508. The van der Waals surface area contributed by atoms with Gasteiger partial charge in [-0.25, -0.2) is 4.98 Å². The molecule has 0 saturated heterocycles. The summed E-state index contributed by atoms with van der Waals surface area (Å²) in [6.07, 6.45) is 5.11. The fourth-order valence-corrected chi connectivity index (χ4v) is 3.10. The Morgan fingerprint density at radius 2 is 2.15 bits per heavy atom. The molecule has 0 fully saturated rings. The zero-order valence-electron chi connectivity index (χ0n) is 11.2. The van der Waals surface area contributed by atoms with Gasteiger partial charge in [0.05, 0.1) is 17.9 Å². The Balaban J connectivity index is 1.96. The lowest BCUT2D eigenvalue weighted by atomic mass is 10.1. The molecule has 1 N–H and O–H groups in total. The molecule has 1 aromatic carbocycles. The van der Waals surface area contributed by atoms with Crippen molar-refractivity contribution in [3.63, 3.8) is 0 Å². The maximum absolute atomic E-state index is 9.52. The van der Waals surface area contributed by atoms with Gasteiger partial charge in [-0.15, -0.1) is 0 Å². The van der Waals surface area contributed by atoms with E-state index in [-0.39, 0.29) is 6.61 Å². The molecule has 0 aliphatic carbocycles. The SMILES string of the molecule is OCc1nc(-c2coc3ccccc23)n2c1CCCC2. The number of benzene rings is 1. The van der Waals surface area contributed by atoms with Crippen LogP contribution in [0.3, 0.4) is 0 Å². The van der Waals surface area contributed by atoms with Crippen LogP contribution in [-0.2, 0) is 19.6 Å². The molecule has 1 aliphatic heterocycles. The molecule has 4 heteroatoms. The Kier molecular flexibility index (Phi) is 2.63. The van der Waals surface area contributed by atoms with Crippen molar-refractivity contribution < 1.29 is 9.52 Å². The molecular weight excluding hydrogens is 252 g/mol. The van der Waals surface area contributed by atoms with Gasteiger partial charge in [-0.05, 0) is 25.3 Å². The monoisotopic (exact) mass is 268 g/mol. The molecule has 0 radical (unpaired) electrons. The van der Waals surface area contributed by atoms with E-state index in [4.69, 9.17) is 4.42 Å². The molecule has 2 aromatic heterocycles. The minimum absolute atomic E-state index is 0.00508. The predicted octanol–water partition coefficient (Wildman–Crippen LogP) is 3.12. The maximum atomic E-state index is 9.52. The average molecular weight is 268 g/mol. The third-order valence-electron chi connectivity index (χ3n) is 4.07. The van der Waals surface area contributed by atoms with Gasteiger partial charge in [-0.1, -0.05) is 18.2 Å². The fourth-order valence-electron chi connectivity index (χ4n) is 3.10. The summed E-state index contributed by atoms with van der Waals surface area (Å²) < 4.78 is 7.86. The van der Waals surface area contributed by atoms with Gasteiger partial charge in [-0.3, -0.25) is 0 Å². The highest BCUT2D eigenvalue weighted by Crippen LogP contribution is 2.33. The topological polar surface area (TPSA) is 51.2 Å². The van der Waals surface area contributed by atoms with Crippen molar-refractivity contribution in [2.45, 2.75) is 32.4 Å². The first-order chi connectivity index (χ1) is 9.88. The summed E-state index contributed by atoms with van der Waals surface area (Å²) in [7, 11) is 0. The molecule has 3 heterocycles. The van der Waals surface area contributed by atoms with Gasteiger partial charge in [0.15, 0.2) is 0 Å². The van der Waals surface area contributed by atoms with Crippen LogP contribution >= 0.6 is 0 Å². The number of aliphatic hydroxyl groups is 1. The van der Waals surface area contributed by atoms with Crippen molar-refractivity contribution in [1.29, 1.82) is 0 Å². The summed E-state index contributed by atoms with van der Waals surface area (Å²) in [4.78, 5) is 4.66. The van der Waals surface area contributed by atoms with Crippen LogP contribution in [0.2, 0.25) is 0 Å². The molecule has 3 aromatic rings. The summed E-state index contributed by atoms with van der Waals surface area (Å²) in [6, 6.07) is 7.99. The molecule has 0 bridgehead atoms. The standard InChI is InChI=1S/C16H16N2O2/c19-9-13-14-6-3-4-8-18(14)16(17-13)12-10-20-15-7-2-1-5-11(12)15/h1-2,5,7,10,19H,3-4,6,8-9H2. The molecule has 0 saturated carbocycles. The summed E-state index contributed by atoms with van der Waals surface area (Å²) in [5.41, 5.74) is 3.88. The molecule has 20 heavy (non-hydrogen) atoms. The highest BCUT2D eigenvalue weighted by atomic mass is 16.3. The first-order valence-corrected chi connectivity index (χ1v) is 7.04. The van der Waals surface area contributed by atoms with Crippen LogP contribution in [0.4, 0.5) is 0 Å². The predicted molar refractivity (Wildman–Crippen MR) is 76.3 cm³/mol. The van der Waals surface area contributed by atoms with Crippen LogP contribution in [0, 0.1) is 0 Å². The van der Waals surface area contributed by atoms with Crippen molar-refractivity contribution in [2.75, 3.05) is 0 Å². The average Bonchev–Trinajstić information content (AvgIpc) is 3.08. The van der Waals surface area contributed by atoms with Gasteiger partial charge in [-0.2, -0.15) is 0 Å². The normalized spacial score (nSPS) is 14.7. The lowest BCUT2D eigenvalue weighted by Crippen LogP contribution is -2.11. The highest BCUT2D eigenvalue weighted by Gasteiger charge is 2.22. The number of nitrogens with zero attached hydrogens (tertiary/aromatic N) is 2. The van der Waals surface area contributed by atoms with Crippen LogP contribution in [0.1, 0.15) is 24.2 Å². The van der Waals surface area contributed by atoms with Gasteiger partial charge in [0.25, 0.3) is 0 Å². The largest absolute Gasteiger partial charge is 0.464 e. The van der Waals surface area contributed by atoms with Gasteiger partial charge >= 0.3 is 0 Å². The molecule has 0 atom stereocenters. The van der Waals surface area contributed by atoms with E-state index < -0.39 is 0 Å². The summed E-state index contributed by atoms with van der Waals surface area (Å²) in [5.74, 6) is 0.925. The summed E-state index contributed by atoms with van der Waals surface area (Å²) in [5, 5.41) is 10.6. The van der Waals surface area contributed by atoms with Crippen molar-refractivity contribution in [3.05, 3.63) is 41.9 Å². The van der Waals surface area contributed by atoms with E-state index in [1.807, 2.05) is 18.2 Å². The van der Waals surface area contributed by atoms with E-state index in [1.54, 1.807) is 6.26 Å². The Morgan fingerprint density at radius 1 is 1.25 bits per heavy atom. The molecular formula is C16H16N2O2. The number of fused-ring (bicyclic) bond motifs is 2. The van der Waals surface area contributed by atoms with Crippen LogP contribution in [0.25, 0.3) is 22.4 Å². The van der Waals surface area contributed by atoms with E-state index >= 15 is 0 Å². The number of rotatable bonds is 2. The highest BCUT2D eigenvalue weighted by molar-refractivity contribution is 5.92. The number of hydrogen-bond acceptors (Lipinski definition) is 3. The lowest BCUT2D eigenvalue weighted by Gasteiger charge is -2.16. The second-order valence-corrected chi connectivity index (χ2v) is 5.24. The van der Waals surface area contributed by atoms with Crippen LogP contribution in [0.5, 0.6) is 0 Å². The van der Waals surface area contributed by atoms with Gasteiger partial charge in [0.1, 0.15) is 17.7 Å². The van der Waals surface area contributed by atoms with E-state index in [2.05, 4.69) is 15.6 Å². The second kappa shape index (κ2) is 4.49. The number of aromatic nitrogens is 2. The number of aliphatic hydroxyl groups excluding tert-OH is 1. The second-order valence-electron chi connectivity index (χ2n) is 5.24. The Morgan fingerprint density at radius 3 is 3.05 bits per heavy atom. The molecule has 4 rings (SSSR count). The Bertz CT molecular complexity index is 770. The first-order valence-electron chi connectivity index (χ1n) is 7.04. The smallest absolute Gasteiger partial charge is 0.144 e. The van der Waals surface area contributed by atoms with Gasteiger partial charge in [0.2, 0.25) is 0 Å². The fraction of sp³-hybridized carbons (Fsp3) is 0.312. The first kappa shape index (κ1) is 11.7. The number of para-hydroxylation sites is 1. The van der Waals surface area contributed by atoms with Crippen molar-refractivity contribution in [1.82, 2.24) is 9.55 Å². The molecule has 4 nitrogen and oxygen atoms in total. The number of furan rings is 1. The summed E-state index contributed by atoms with van der Waals surface area (Å²) in [6.45, 7) is 0.974. The van der Waals surface area contributed by atoms with Crippen LogP contribution < -0.4 is 0 Å². The van der Waals surface area contributed by atoms with E-state index in [0.717, 1.165) is 47.4 Å². The zero-order chi connectivity index (χ0) is 13.5. The van der Waals surface area contributed by atoms with E-state index in [1.165, 1.54) is 12.1 Å². The molecule has 0 unspecified atom stereocenters. The van der Waals surface area contributed by atoms with Crippen LogP contribution in [0.15, 0.2) is 34.9 Å². The summed E-state index contributed by atoms with van der Waals surface area (Å²) >= 11 is 0. The zero-order valence-corrected chi connectivity index (χ0v) is 11.2. The van der Waals surface area contributed by atoms with Crippen LogP contribution in [-0.4, -0.2) is 14.7 Å². The van der Waals surface area contributed by atoms with Crippen molar-refractivity contribution in [2.24, 2.45) is 0 Å². The molecule has 102 valence electrons. The van der Waals surface area contributed by atoms with E-state index in [9.17, 15) is 5.11 Å². The van der Waals surface area contributed by atoms with E-state index in [0.29, 0.717) is 0 Å². The quantitative estimate of drug-likeness (QED) is 0.777. The number of hydrogen-bond donors (Lipinski definition) is 1.